The number of azo groups is 1. The van der Waals surface area contributed by atoms with Crippen LogP contribution in [-0.4, -0.2) is 22.8 Å². The van der Waals surface area contributed by atoms with Gasteiger partial charge in [0.05, 0.1) is 5.69 Å². The van der Waals surface area contributed by atoms with Crippen LogP contribution in [0.1, 0.15) is 30.6 Å². The first kappa shape index (κ1) is 21.3. The van der Waals surface area contributed by atoms with Crippen LogP contribution in [-0.2, 0) is 9.59 Å². The van der Waals surface area contributed by atoms with Crippen molar-refractivity contribution in [3.05, 3.63) is 65.6 Å². The lowest BCUT2D eigenvalue weighted by Crippen LogP contribution is -2.15. The summed E-state index contributed by atoms with van der Waals surface area (Å²) in [6.07, 6.45) is 0.324. The summed E-state index contributed by atoms with van der Waals surface area (Å²) in [5, 5.41) is 22.8. The maximum atomic E-state index is 12.5. The molecule has 0 atom stereocenters. The lowest BCUT2D eigenvalue weighted by Gasteiger charge is -2.08. The first-order valence-corrected chi connectivity index (χ1v) is 8.73. The van der Waals surface area contributed by atoms with Gasteiger partial charge in [0.2, 0.25) is 11.8 Å². The second-order valence-electron chi connectivity index (χ2n) is 5.99. The molecule has 0 aromatic heterocycles. The van der Waals surface area contributed by atoms with Crippen molar-refractivity contribution < 1.29 is 19.5 Å². The minimum atomic E-state index is -0.696. The van der Waals surface area contributed by atoms with Crippen molar-refractivity contribution in [2.75, 3.05) is 10.6 Å². The minimum Gasteiger partial charge on any atom is -0.510 e. The fourth-order valence-electron chi connectivity index (χ4n) is 2.23. The Bertz CT molecular complexity index is 994. The smallest absolute Gasteiger partial charge is 0.279 e. The number of anilines is 2. The maximum absolute atomic E-state index is 12.5. The van der Waals surface area contributed by atoms with Crippen LogP contribution >= 0.6 is 0 Å². The van der Waals surface area contributed by atoms with Crippen molar-refractivity contribution >= 4 is 34.8 Å². The Morgan fingerprint density at radius 3 is 2.31 bits per heavy atom. The molecular formula is C20H21N5O4. The predicted octanol–water partition coefficient (Wildman–Crippen LogP) is 3.65. The van der Waals surface area contributed by atoms with Crippen LogP contribution in [0.4, 0.5) is 17.1 Å². The van der Waals surface area contributed by atoms with Crippen LogP contribution in [0.2, 0.25) is 0 Å². The number of nitrogens with one attached hydrogen (secondary N) is 2. The Labute approximate surface area is 167 Å². The van der Waals surface area contributed by atoms with E-state index >= 15 is 0 Å². The molecule has 0 aliphatic rings. The van der Waals surface area contributed by atoms with E-state index in [9.17, 15) is 19.5 Å². The molecule has 29 heavy (non-hydrogen) atoms. The number of carbonyl (C=O) groups is 3. The standard InChI is InChI=1S/C20H21N5O4/c1-3-17(27)22-14-7-5-8-15(11-14)23-20(29)18(12(2)26)25-24-16-9-4-6-13(10-16)19(21)28/h4-11,26H,3H2,1-2H3,(H2,21,28)(H,22,27)(H,23,29). The van der Waals surface area contributed by atoms with Crippen molar-refractivity contribution in [2.45, 2.75) is 20.3 Å². The number of amides is 3. The highest BCUT2D eigenvalue weighted by molar-refractivity contribution is 6.04. The third-order valence-electron chi connectivity index (χ3n) is 3.68. The summed E-state index contributed by atoms with van der Waals surface area (Å²) < 4.78 is 0. The second kappa shape index (κ2) is 9.79. The molecule has 150 valence electrons. The molecule has 2 rings (SSSR count). The van der Waals surface area contributed by atoms with E-state index in [0.717, 1.165) is 0 Å². The third-order valence-corrected chi connectivity index (χ3v) is 3.68. The maximum Gasteiger partial charge on any atom is 0.279 e. The van der Waals surface area contributed by atoms with Crippen LogP contribution in [0.25, 0.3) is 0 Å². The number of nitrogens with two attached hydrogens (primary N) is 1. The topological polar surface area (TPSA) is 146 Å². The number of aliphatic hydroxyl groups is 1. The lowest BCUT2D eigenvalue weighted by atomic mass is 10.2. The molecule has 2 aromatic carbocycles. The van der Waals surface area contributed by atoms with E-state index in [0.29, 0.717) is 17.8 Å². The second-order valence-corrected chi connectivity index (χ2v) is 5.99. The number of benzene rings is 2. The van der Waals surface area contributed by atoms with Gasteiger partial charge in [-0.3, -0.25) is 14.4 Å². The largest absolute Gasteiger partial charge is 0.510 e. The molecule has 2 aromatic rings. The quantitative estimate of drug-likeness (QED) is 0.322. The van der Waals surface area contributed by atoms with Crippen LogP contribution in [0.15, 0.2) is 70.2 Å². The summed E-state index contributed by atoms with van der Waals surface area (Å²) in [5.74, 6) is -1.82. The number of rotatable bonds is 7. The molecule has 0 aliphatic carbocycles. The van der Waals surface area contributed by atoms with Crippen molar-refractivity contribution in [3.8, 4) is 0 Å². The van der Waals surface area contributed by atoms with Gasteiger partial charge in [0.25, 0.3) is 5.91 Å². The van der Waals surface area contributed by atoms with Gasteiger partial charge < -0.3 is 21.5 Å². The van der Waals surface area contributed by atoms with E-state index in [1.807, 2.05) is 0 Å². The molecule has 0 saturated carbocycles. The Morgan fingerprint density at radius 1 is 1.03 bits per heavy atom. The van der Waals surface area contributed by atoms with Gasteiger partial charge in [0.15, 0.2) is 5.70 Å². The Hall–Kier alpha value is -4.01. The molecule has 9 nitrogen and oxygen atoms in total. The van der Waals surface area contributed by atoms with Gasteiger partial charge in [0.1, 0.15) is 5.76 Å². The fourth-order valence-corrected chi connectivity index (χ4v) is 2.23. The molecule has 0 saturated heterocycles. The molecule has 0 heterocycles. The van der Waals surface area contributed by atoms with Crippen LogP contribution < -0.4 is 16.4 Å². The fraction of sp³-hybridized carbons (Fsp3) is 0.150. The highest BCUT2D eigenvalue weighted by Gasteiger charge is 2.14. The molecule has 5 N–H and O–H groups in total. The minimum absolute atomic E-state index is 0.160. The number of nitrogens with zero attached hydrogens (tertiary/aromatic N) is 2. The van der Waals surface area contributed by atoms with Crippen molar-refractivity contribution in [1.82, 2.24) is 0 Å². The SMILES string of the molecule is CCC(=O)Nc1cccc(NC(=O)C(N=Nc2cccc(C(N)=O)c2)=C(C)O)c1. The van der Waals surface area contributed by atoms with Crippen LogP contribution in [0, 0.1) is 0 Å². The molecule has 9 heteroatoms. The first-order chi connectivity index (χ1) is 13.8. The van der Waals surface area contributed by atoms with E-state index in [-0.39, 0.29) is 28.6 Å². The van der Waals surface area contributed by atoms with Gasteiger partial charge in [-0.1, -0.05) is 19.1 Å². The summed E-state index contributed by atoms with van der Waals surface area (Å²) in [4.78, 5) is 35.2. The number of allylic oxidation sites excluding steroid dienone is 1. The number of primary amides is 1. The summed E-state index contributed by atoms with van der Waals surface area (Å²) in [7, 11) is 0. The average Bonchev–Trinajstić information content (AvgIpc) is 2.68. The molecule has 0 aliphatic heterocycles. The molecular weight excluding hydrogens is 374 g/mol. The summed E-state index contributed by atoms with van der Waals surface area (Å²) >= 11 is 0. The number of aliphatic hydroxyl groups excluding tert-OH is 1. The van der Waals surface area contributed by atoms with Crippen molar-refractivity contribution in [3.63, 3.8) is 0 Å². The predicted molar refractivity (Wildman–Crippen MR) is 109 cm³/mol. The molecule has 3 amide bonds. The van der Waals surface area contributed by atoms with E-state index in [2.05, 4.69) is 20.9 Å². The Balaban J connectivity index is 2.18. The van der Waals surface area contributed by atoms with Gasteiger partial charge in [-0.05, 0) is 43.3 Å². The first-order valence-electron chi connectivity index (χ1n) is 8.73. The molecule has 0 fully saturated rings. The van der Waals surface area contributed by atoms with Crippen molar-refractivity contribution in [2.24, 2.45) is 16.0 Å². The summed E-state index contributed by atoms with van der Waals surface area (Å²) in [6, 6.07) is 12.6. The molecule has 0 spiro atoms. The van der Waals surface area contributed by atoms with E-state index < -0.39 is 11.8 Å². The highest BCUT2D eigenvalue weighted by Crippen LogP contribution is 2.19. The van der Waals surface area contributed by atoms with E-state index in [1.165, 1.54) is 19.1 Å². The molecule has 0 radical (unpaired) electrons. The van der Waals surface area contributed by atoms with Gasteiger partial charge in [-0.25, -0.2) is 0 Å². The molecule has 0 bridgehead atoms. The highest BCUT2D eigenvalue weighted by atomic mass is 16.3. The molecule has 0 unspecified atom stereocenters. The number of carbonyl (C=O) groups excluding carboxylic acids is 3. The zero-order valence-electron chi connectivity index (χ0n) is 16.0. The van der Waals surface area contributed by atoms with E-state index in [1.54, 1.807) is 43.3 Å². The zero-order chi connectivity index (χ0) is 21.4. The van der Waals surface area contributed by atoms with Gasteiger partial charge in [-0.2, -0.15) is 5.11 Å². The Kier molecular flexibility index (Phi) is 7.19. The van der Waals surface area contributed by atoms with E-state index in [4.69, 9.17) is 5.73 Å². The van der Waals surface area contributed by atoms with Gasteiger partial charge >= 0.3 is 0 Å². The normalized spacial score (nSPS) is 11.7. The number of hydrogen-bond acceptors (Lipinski definition) is 6. The zero-order valence-corrected chi connectivity index (χ0v) is 16.0. The third kappa shape index (κ3) is 6.28. The summed E-state index contributed by atoms with van der Waals surface area (Å²) in [5.41, 5.74) is 6.36. The number of hydrogen-bond donors (Lipinski definition) is 4. The van der Waals surface area contributed by atoms with Crippen LogP contribution in [0.3, 0.4) is 0 Å². The lowest BCUT2D eigenvalue weighted by molar-refractivity contribution is -0.116. The Morgan fingerprint density at radius 2 is 1.69 bits per heavy atom. The van der Waals surface area contributed by atoms with Gasteiger partial charge in [-0.15, -0.1) is 5.11 Å². The average molecular weight is 395 g/mol. The van der Waals surface area contributed by atoms with Crippen molar-refractivity contribution in [1.29, 1.82) is 0 Å². The van der Waals surface area contributed by atoms with Gasteiger partial charge in [0, 0.05) is 23.4 Å². The monoisotopic (exact) mass is 395 g/mol. The summed E-state index contributed by atoms with van der Waals surface area (Å²) in [6.45, 7) is 3.03. The van der Waals surface area contributed by atoms with Crippen LogP contribution in [0.5, 0.6) is 0 Å².